The van der Waals surface area contributed by atoms with Crippen LogP contribution in [0.25, 0.3) is 0 Å². The zero-order chi connectivity index (χ0) is 18.3. The number of guanidine groups is 1. The predicted octanol–water partition coefficient (Wildman–Crippen LogP) is 3.11. The van der Waals surface area contributed by atoms with Crippen LogP contribution in [0.1, 0.15) is 44.8 Å². The van der Waals surface area contributed by atoms with E-state index in [2.05, 4.69) is 22.5 Å². The van der Waals surface area contributed by atoms with Crippen molar-refractivity contribution in [3.8, 4) is 5.75 Å². The van der Waals surface area contributed by atoms with Gasteiger partial charge in [0.25, 0.3) is 0 Å². The molecule has 150 valence electrons. The van der Waals surface area contributed by atoms with Gasteiger partial charge in [0.1, 0.15) is 5.75 Å². The fourth-order valence-corrected chi connectivity index (χ4v) is 2.18. The second-order valence-corrected chi connectivity index (χ2v) is 5.75. The molecule has 0 saturated carbocycles. The van der Waals surface area contributed by atoms with E-state index < -0.39 is 6.10 Å². The van der Waals surface area contributed by atoms with Crippen molar-refractivity contribution in [1.29, 1.82) is 0 Å². The van der Waals surface area contributed by atoms with Gasteiger partial charge in [-0.05, 0) is 37.5 Å². The minimum absolute atomic E-state index is 0. The maximum absolute atomic E-state index is 10.3. The highest BCUT2D eigenvalue weighted by molar-refractivity contribution is 14.0. The Kier molecular flexibility index (Phi) is 15.5. The summed E-state index contributed by atoms with van der Waals surface area (Å²) in [4.78, 5) is 4.45. The fraction of sp³-hybridized carbons (Fsp3) is 0.632. The monoisotopic (exact) mass is 479 g/mol. The highest BCUT2D eigenvalue weighted by Crippen LogP contribution is 2.17. The van der Waals surface area contributed by atoms with E-state index in [4.69, 9.17) is 9.47 Å². The van der Waals surface area contributed by atoms with Crippen molar-refractivity contribution in [3.63, 3.8) is 0 Å². The molecule has 3 N–H and O–H groups in total. The lowest BCUT2D eigenvalue weighted by atomic mass is 10.1. The van der Waals surface area contributed by atoms with Gasteiger partial charge >= 0.3 is 0 Å². The molecule has 0 fully saturated rings. The molecule has 0 amide bonds. The normalized spacial score (nSPS) is 12.2. The molecule has 0 aliphatic rings. The molecule has 1 atom stereocenters. The Labute approximate surface area is 174 Å². The number of aliphatic hydroxyl groups is 1. The van der Waals surface area contributed by atoms with Crippen LogP contribution in [0.2, 0.25) is 0 Å². The molecule has 0 aliphatic carbocycles. The number of ether oxygens (including phenoxy) is 2. The highest BCUT2D eigenvalue weighted by atomic mass is 127. The van der Waals surface area contributed by atoms with Crippen molar-refractivity contribution in [1.82, 2.24) is 10.6 Å². The lowest BCUT2D eigenvalue weighted by molar-refractivity contribution is 0.129. The third-order valence-electron chi connectivity index (χ3n) is 3.67. The van der Waals surface area contributed by atoms with Gasteiger partial charge in [0.05, 0.1) is 19.8 Å². The second kappa shape index (κ2) is 16.1. The van der Waals surface area contributed by atoms with E-state index in [1.807, 2.05) is 31.2 Å². The van der Waals surface area contributed by atoms with Gasteiger partial charge in [0.2, 0.25) is 0 Å². The number of unbranched alkanes of at least 4 members (excludes halogenated alkanes) is 1. The lowest BCUT2D eigenvalue weighted by Gasteiger charge is -2.13. The Hall–Kier alpha value is -1.06. The van der Waals surface area contributed by atoms with E-state index >= 15 is 0 Å². The number of benzene rings is 1. The number of aliphatic imine (C=N–C) groups is 1. The van der Waals surface area contributed by atoms with Gasteiger partial charge in [0, 0.05) is 26.3 Å². The van der Waals surface area contributed by atoms with Crippen LogP contribution in [0, 0.1) is 0 Å². The first kappa shape index (κ1) is 24.9. The van der Waals surface area contributed by atoms with E-state index in [-0.39, 0.29) is 24.0 Å². The van der Waals surface area contributed by atoms with E-state index in [1.54, 1.807) is 7.11 Å². The van der Waals surface area contributed by atoms with Gasteiger partial charge in [-0.1, -0.05) is 25.5 Å². The maximum Gasteiger partial charge on any atom is 0.191 e. The first-order chi connectivity index (χ1) is 12.2. The number of hydrogen-bond acceptors (Lipinski definition) is 4. The van der Waals surface area contributed by atoms with Crippen molar-refractivity contribution < 1.29 is 14.6 Å². The molecule has 7 heteroatoms. The zero-order valence-electron chi connectivity index (χ0n) is 16.2. The molecule has 1 unspecified atom stereocenters. The molecule has 0 heterocycles. The minimum atomic E-state index is -0.640. The Bertz CT molecular complexity index is 483. The van der Waals surface area contributed by atoms with Crippen molar-refractivity contribution in [3.05, 3.63) is 29.8 Å². The van der Waals surface area contributed by atoms with Gasteiger partial charge in [0.15, 0.2) is 5.96 Å². The smallest absolute Gasteiger partial charge is 0.191 e. The number of hydrogen-bond donors (Lipinski definition) is 3. The maximum atomic E-state index is 10.3. The molecule has 0 saturated heterocycles. The van der Waals surface area contributed by atoms with Crippen LogP contribution in [-0.2, 0) is 4.74 Å². The summed E-state index contributed by atoms with van der Waals surface area (Å²) in [7, 11) is 1.62. The fourth-order valence-electron chi connectivity index (χ4n) is 2.18. The van der Waals surface area contributed by atoms with Crippen LogP contribution in [-0.4, -0.2) is 51.0 Å². The van der Waals surface area contributed by atoms with Gasteiger partial charge in [-0.2, -0.15) is 0 Å². The molecule has 1 aromatic carbocycles. The van der Waals surface area contributed by atoms with Crippen molar-refractivity contribution in [2.45, 2.75) is 39.2 Å². The van der Waals surface area contributed by atoms with Gasteiger partial charge in [-0.15, -0.1) is 24.0 Å². The van der Waals surface area contributed by atoms with Crippen LogP contribution in [0.3, 0.4) is 0 Å². The van der Waals surface area contributed by atoms with Crippen LogP contribution in [0.5, 0.6) is 5.75 Å². The summed E-state index contributed by atoms with van der Waals surface area (Å²) in [5, 5.41) is 16.7. The van der Waals surface area contributed by atoms with Crippen LogP contribution >= 0.6 is 24.0 Å². The molecule has 0 spiro atoms. The average Bonchev–Trinajstić information content (AvgIpc) is 2.65. The van der Waals surface area contributed by atoms with Gasteiger partial charge < -0.3 is 25.2 Å². The number of aliphatic hydroxyl groups excluding tert-OH is 1. The number of rotatable bonds is 12. The van der Waals surface area contributed by atoms with Crippen molar-refractivity contribution in [2.24, 2.45) is 4.99 Å². The molecule has 1 rings (SSSR count). The molecule has 1 aromatic rings. The minimum Gasteiger partial charge on any atom is -0.497 e. The largest absolute Gasteiger partial charge is 0.497 e. The molecule has 26 heavy (non-hydrogen) atoms. The quantitative estimate of drug-likeness (QED) is 0.186. The van der Waals surface area contributed by atoms with Crippen molar-refractivity contribution >= 4 is 29.9 Å². The highest BCUT2D eigenvalue weighted by Gasteiger charge is 2.07. The van der Waals surface area contributed by atoms with E-state index in [9.17, 15) is 5.11 Å². The van der Waals surface area contributed by atoms with Crippen molar-refractivity contribution in [2.75, 3.05) is 40.0 Å². The molecule has 0 aromatic heterocycles. The topological polar surface area (TPSA) is 75.1 Å². The first-order valence-electron chi connectivity index (χ1n) is 9.13. The number of nitrogens with zero attached hydrogens (tertiary/aromatic N) is 1. The summed E-state index contributed by atoms with van der Waals surface area (Å²) >= 11 is 0. The Morgan fingerprint density at radius 1 is 1.12 bits per heavy atom. The average molecular weight is 479 g/mol. The Balaban J connectivity index is 0.00000625. The SMILES string of the molecule is CCCCOCCCNC(=NCC(O)c1ccc(OC)cc1)NCC.I. The molecule has 0 radical (unpaired) electrons. The summed E-state index contributed by atoms with van der Waals surface area (Å²) in [5.74, 6) is 1.49. The van der Waals surface area contributed by atoms with E-state index in [0.29, 0.717) is 12.5 Å². The van der Waals surface area contributed by atoms with E-state index in [1.165, 1.54) is 0 Å². The van der Waals surface area contributed by atoms with Crippen LogP contribution in [0.15, 0.2) is 29.3 Å². The molecular weight excluding hydrogens is 445 g/mol. The number of methoxy groups -OCH3 is 1. The predicted molar refractivity (Wildman–Crippen MR) is 118 cm³/mol. The van der Waals surface area contributed by atoms with Crippen LogP contribution in [0.4, 0.5) is 0 Å². The summed E-state index contributed by atoms with van der Waals surface area (Å²) in [5.41, 5.74) is 0.824. The van der Waals surface area contributed by atoms with Gasteiger partial charge in [-0.3, -0.25) is 4.99 Å². The third kappa shape index (κ3) is 10.8. The lowest BCUT2D eigenvalue weighted by Crippen LogP contribution is -2.38. The standard InChI is InChI=1S/C19H33N3O3.HI/c1-4-6-13-25-14-7-12-21-19(20-5-2)22-15-18(23)16-8-10-17(24-3)11-9-16;/h8-11,18,23H,4-7,12-15H2,1-3H3,(H2,20,21,22);1H. The zero-order valence-corrected chi connectivity index (χ0v) is 18.5. The third-order valence-corrected chi connectivity index (χ3v) is 3.67. The Morgan fingerprint density at radius 2 is 1.81 bits per heavy atom. The molecule has 0 bridgehead atoms. The van der Waals surface area contributed by atoms with Crippen LogP contribution < -0.4 is 15.4 Å². The number of nitrogens with one attached hydrogen (secondary N) is 2. The second-order valence-electron chi connectivity index (χ2n) is 5.75. The molecular formula is C19H34IN3O3. The number of halogens is 1. The molecule has 0 aliphatic heterocycles. The van der Waals surface area contributed by atoms with E-state index in [0.717, 1.165) is 56.9 Å². The first-order valence-corrected chi connectivity index (χ1v) is 9.13. The summed E-state index contributed by atoms with van der Waals surface area (Å²) in [6, 6.07) is 7.38. The summed E-state index contributed by atoms with van der Waals surface area (Å²) in [6.45, 7) is 7.62. The van der Waals surface area contributed by atoms with Gasteiger partial charge in [-0.25, -0.2) is 0 Å². The molecule has 6 nitrogen and oxygen atoms in total. The Morgan fingerprint density at radius 3 is 2.42 bits per heavy atom. The summed E-state index contributed by atoms with van der Waals surface area (Å²) < 4.78 is 10.7. The summed E-state index contributed by atoms with van der Waals surface area (Å²) in [6.07, 6.45) is 2.56.